The van der Waals surface area contributed by atoms with Gasteiger partial charge in [0.05, 0.1) is 13.7 Å². The zero-order chi connectivity index (χ0) is 11.3. The molecular formula is C12H18O3. The zero-order valence-electron chi connectivity index (χ0n) is 9.49. The molecule has 0 saturated carbocycles. The van der Waals surface area contributed by atoms with Crippen molar-refractivity contribution in [3.63, 3.8) is 0 Å². The highest BCUT2D eigenvalue weighted by molar-refractivity contribution is 5.46. The molecule has 0 amide bonds. The largest absolute Gasteiger partial charge is 0.496 e. The summed E-state index contributed by atoms with van der Waals surface area (Å²) in [5.74, 6) is 1.95. The second-order valence-corrected chi connectivity index (χ2v) is 3.60. The van der Waals surface area contributed by atoms with E-state index in [4.69, 9.17) is 14.6 Å². The highest BCUT2D eigenvalue weighted by Gasteiger charge is 2.13. The summed E-state index contributed by atoms with van der Waals surface area (Å²) in [5.41, 5.74) is 1.05. The van der Waals surface area contributed by atoms with E-state index in [0.717, 1.165) is 17.1 Å². The third-order valence-electron chi connectivity index (χ3n) is 2.17. The molecule has 3 nitrogen and oxygen atoms in total. The average molecular weight is 210 g/mol. The molecule has 0 unspecified atom stereocenters. The van der Waals surface area contributed by atoms with Crippen molar-refractivity contribution in [1.82, 2.24) is 0 Å². The molecule has 0 aliphatic rings. The van der Waals surface area contributed by atoms with Crippen LogP contribution in [-0.4, -0.2) is 25.4 Å². The minimum atomic E-state index is 0.0226. The molecule has 3 heteroatoms. The third-order valence-corrected chi connectivity index (χ3v) is 2.17. The summed E-state index contributed by atoms with van der Waals surface area (Å²) in [6.45, 7) is 4.51. The lowest BCUT2D eigenvalue weighted by atomic mass is 10.0. The van der Waals surface area contributed by atoms with Gasteiger partial charge in [-0.2, -0.15) is 0 Å². The molecule has 0 aromatic heterocycles. The molecule has 0 saturated heterocycles. The van der Waals surface area contributed by atoms with Crippen LogP contribution in [0.15, 0.2) is 18.2 Å². The van der Waals surface area contributed by atoms with Crippen molar-refractivity contribution < 1.29 is 14.6 Å². The lowest BCUT2D eigenvalue weighted by Crippen LogP contribution is -2.05. The highest BCUT2D eigenvalue weighted by Crippen LogP contribution is 2.34. The van der Waals surface area contributed by atoms with Gasteiger partial charge in [0, 0.05) is 5.56 Å². The molecule has 84 valence electrons. The standard InChI is InChI=1S/C12H18O3/c1-9(2)12-10(14-3)5-4-6-11(12)15-8-7-13/h4-6,9,13H,7-8H2,1-3H3. The van der Waals surface area contributed by atoms with Gasteiger partial charge in [0.2, 0.25) is 0 Å². The van der Waals surface area contributed by atoms with Crippen molar-refractivity contribution in [2.24, 2.45) is 0 Å². The van der Waals surface area contributed by atoms with Crippen molar-refractivity contribution in [2.75, 3.05) is 20.3 Å². The molecule has 15 heavy (non-hydrogen) atoms. The molecule has 1 N–H and O–H groups in total. The Balaban J connectivity index is 3.02. The van der Waals surface area contributed by atoms with E-state index >= 15 is 0 Å². The van der Waals surface area contributed by atoms with Crippen molar-refractivity contribution in [3.8, 4) is 11.5 Å². The second-order valence-electron chi connectivity index (χ2n) is 3.60. The zero-order valence-corrected chi connectivity index (χ0v) is 9.49. The normalized spacial score (nSPS) is 10.5. The molecule has 0 aliphatic heterocycles. The summed E-state index contributed by atoms with van der Waals surface area (Å²) in [6.07, 6.45) is 0. The van der Waals surface area contributed by atoms with Gasteiger partial charge in [-0.25, -0.2) is 0 Å². The summed E-state index contributed by atoms with van der Waals surface area (Å²) >= 11 is 0. The van der Waals surface area contributed by atoms with Gasteiger partial charge in [0.25, 0.3) is 0 Å². The molecule has 0 radical (unpaired) electrons. The fourth-order valence-electron chi connectivity index (χ4n) is 1.55. The number of hydrogen-bond donors (Lipinski definition) is 1. The van der Waals surface area contributed by atoms with Crippen LogP contribution >= 0.6 is 0 Å². The van der Waals surface area contributed by atoms with Crippen LogP contribution in [0.2, 0.25) is 0 Å². The first-order valence-electron chi connectivity index (χ1n) is 5.11. The van der Waals surface area contributed by atoms with E-state index in [0.29, 0.717) is 12.5 Å². The summed E-state index contributed by atoms with van der Waals surface area (Å²) in [5, 5.41) is 8.73. The maximum Gasteiger partial charge on any atom is 0.126 e. The SMILES string of the molecule is COc1cccc(OCCO)c1C(C)C. The molecule has 0 bridgehead atoms. The van der Waals surface area contributed by atoms with Gasteiger partial charge in [-0.15, -0.1) is 0 Å². The molecule has 0 atom stereocenters. The van der Waals surface area contributed by atoms with Crippen LogP contribution < -0.4 is 9.47 Å². The van der Waals surface area contributed by atoms with Crippen molar-refractivity contribution >= 4 is 0 Å². The van der Waals surface area contributed by atoms with Crippen LogP contribution in [0.25, 0.3) is 0 Å². The van der Waals surface area contributed by atoms with Gasteiger partial charge >= 0.3 is 0 Å². The number of benzene rings is 1. The Labute approximate surface area is 90.6 Å². The van der Waals surface area contributed by atoms with E-state index in [1.54, 1.807) is 7.11 Å². The Morgan fingerprint density at radius 3 is 2.47 bits per heavy atom. The monoisotopic (exact) mass is 210 g/mol. The van der Waals surface area contributed by atoms with Gasteiger partial charge in [-0.05, 0) is 18.1 Å². The minimum absolute atomic E-state index is 0.0226. The first kappa shape index (κ1) is 11.9. The van der Waals surface area contributed by atoms with Gasteiger partial charge in [-0.3, -0.25) is 0 Å². The smallest absolute Gasteiger partial charge is 0.126 e. The molecule has 1 aromatic rings. The summed E-state index contributed by atoms with van der Waals surface area (Å²) in [6, 6.07) is 5.70. The minimum Gasteiger partial charge on any atom is -0.496 e. The first-order chi connectivity index (χ1) is 7.20. The van der Waals surface area contributed by atoms with E-state index in [1.807, 2.05) is 18.2 Å². The number of hydrogen-bond acceptors (Lipinski definition) is 3. The van der Waals surface area contributed by atoms with Gasteiger partial charge < -0.3 is 14.6 Å². The molecule has 0 aliphatic carbocycles. The van der Waals surface area contributed by atoms with Crippen LogP contribution in [0.1, 0.15) is 25.3 Å². The Morgan fingerprint density at radius 1 is 1.27 bits per heavy atom. The van der Waals surface area contributed by atoms with Crippen LogP contribution in [0, 0.1) is 0 Å². The van der Waals surface area contributed by atoms with Crippen LogP contribution in [0.3, 0.4) is 0 Å². The predicted molar refractivity (Wildman–Crippen MR) is 59.7 cm³/mol. The van der Waals surface area contributed by atoms with Gasteiger partial charge in [0.15, 0.2) is 0 Å². The molecule has 1 rings (SSSR count). The first-order valence-corrected chi connectivity index (χ1v) is 5.11. The molecular weight excluding hydrogens is 192 g/mol. The Hall–Kier alpha value is -1.22. The van der Waals surface area contributed by atoms with Crippen molar-refractivity contribution in [2.45, 2.75) is 19.8 Å². The number of ether oxygens (including phenoxy) is 2. The average Bonchev–Trinajstić information content (AvgIpc) is 2.25. The molecule has 1 aromatic carbocycles. The Bertz CT molecular complexity index is 308. The fourth-order valence-corrected chi connectivity index (χ4v) is 1.55. The quantitative estimate of drug-likeness (QED) is 0.809. The number of aliphatic hydroxyl groups excluding tert-OH is 1. The van der Waals surface area contributed by atoms with Crippen LogP contribution in [0.4, 0.5) is 0 Å². The lowest BCUT2D eigenvalue weighted by Gasteiger charge is -2.16. The number of rotatable bonds is 5. The van der Waals surface area contributed by atoms with E-state index < -0.39 is 0 Å². The maximum atomic E-state index is 8.73. The van der Waals surface area contributed by atoms with Gasteiger partial charge in [0.1, 0.15) is 18.1 Å². The van der Waals surface area contributed by atoms with E-state index in [9.17, 15) is 0 Å². The molecule has 0 spiro atoms. The second kappa shape index (κ2) is 5.61. The number of aliphatic hydroxyl groups is 1. The number of methoxy groups -OCH3 is 1. The predicted octanol–water partition coefficient (Wildman–Crippen LogP) is 2.19. The molecule has 0 fully saturated rings. The fraction of sp³-hybridized carbons (Fsp3) is 0.500. The van der Waals surface area contributed by atoms with E-state index in [1.165, 1.54) is 0 Å². The Kier molecular flexibility index (Phi) is 4.43. The summed E-state index contributed by atoms with van der Waals surface area (Å²) in [4.78, 5) is 0. The maximum absolute atomic E-state index is 8.73. The van der Waals surface area contributed by atoms with Crippen molar-refractivity contribution in [3.05, 3.63) is 23.8 Å². The van der Waals surface area contributed by atoms with Crippen LogP contribution in [-0.2, 0) is 0 Å². The van der Waals surface area contributed by atoms with Crippen LogP contribution in [0.5, 0.6) is 11.5 Å². The molecule has 0 heterocycles. The van der Waals surface area contributed by atoms with Gasteiger partial charge in [-0.1, -0.05) is 19.9 Å². The summed E-state index contributed by atoms with van der Waals surface area (Å²) in [7, 11) is 1.65. The summed E-state index contributed by atoms with van der Waals surface area (Å²) < 4.78 is 10.7. The lowest BCUT2D eigenvalue weighted by molar-refractivity contribution is 0.199. The van der Waals surface area contributed by atoms with E-state index in [-0.39, 0.29) is 6.61 Å². The van der Waals surface area contributed by atoms with Crippen molar-refractivity contribution in [1.29, 1.82) is 0 Å². The third kappa shape index (κ3) is 2.86. The highest BCUT2D eigenvalue weighted by atomic mass is 16.5. The Morgan fingerprint density at radius 2 is 1.93 bits per heavy atom. The van der Waals surface area contributed by atoms with E-state index in [2.05, 4.69) is 13.8 Å². The topological polar surface area (TPSA) is 38.7 Å².